The smallest absolute Gasteiger partial charge is 0.313 e. The molecule has 13 fully saturated rings. The minimum Gasteiger partial charge on any atom is -0.459 e. The van der Waals surface area contributed by atoms with E-state index in [1.54, 1.807) is 0 Å². The highest BCUT2D eigenvalue weighted by atomic mass is 16.7. The van der Waals surface area contributed by atoms with E-state index < -0.39 is 11.7 Å². The third kappa shape index (κ3) is 38.3. The van der Waals surface area contributed by atoms with Crippen LogP contribution in [0.25, 0.3) is 0 Å². The molecule has 16 nitrogen and oxygen atoms in total. The van der Waals surface area contributed by atoms with Crippen LogP contribution in [0.1, 0.15) is 546 Å². The standard InChI is InChI=1S/C20H32O3.C19H30O3.C14H26O2.2C13H24O2.C12H22O2.C11H20O2.14CH4/c1-5-20(3,4)19(21)23-11(2)22-16-10-14-9-15(16)18-13-7-6-12(8-13)17(14)18;1-4-10(2)19(20)22-11(3)21-16-9-14-8-15(16)18-13-6-5-12(7-13)17(14)18;1-5-13(3,4)12(15)16-14(6-2)10-8-7-9-11-14;1-5-12(2,3)11(14)15-13(4)9-7-6-8-10-13;1-4-11(3)12(14)15-13(5-2)9-7-6-8-10-13;1-4-10(3)11(13)14-12(5-2)8-6-7-9-12;1-4-9(2)10(12)13-11(3)7-5-6-8-11;;;;;;;;;;;;;;/h11-18H,5-10H2,1-4H3;10-18H,4-9H2,1-3H3;5-11H2,1-4H3;5-10H2,1-4H3;11H,4-10H2,1-3H3;10H,4-9H2,1-3H3;9H,4-8H2,1-3H3;14*1H4. The van der Waals surface area contributed by atoms with Crippen LogP contribution < -0.4 is 0 Å². The van der Waals surface area contributed by atoms with Crippen molar-refractivity contribution in [3.63, 3.8) is 0 Å². The molecule has 0 saturated heterocycles. The van der Waals surface area contributed by atoms with Crippen LogP contribution in [0.15, 0.2) is 0 Å². The Hall–Kier alpha value is -3.79. The second-order valence-electron chi connectivity index (χ2n) is 42.7. The van der Waals surface area contributed by atoms with Crippen LogP contribution in [0, 0.1) is 111 Å². The highest BCUT2D eigenvalue weighted by Gasteiger charge is 2.64. The van der Waals surface area contributed by atoms with Crippen molar-refractivity contribution in [1.82, 2.24) is 0 Å². The minimum absolute atomic E-state index is 0. The predicted molar refractivity (Wildman–Crippen MR) is 566 cm³/mol. The summed E-state index contributed by atoms with van der Waals surface area (Å²) < 4.78 is 51.9. The molecule has 0 radical (unpaired) electrons. The average Bonchev–Trinajstić information content (AvgIpc) is 1.56. The van der Waals surface area contributed by atoms with Gasteiger partial charge in [-0.15, -0.1) is 0 Å². The fourth-order valence-corrected chi connectivity index (χ4v) is 22.8. The largest absolute Gasteiger partial charge is 0.459 e. The normalized spacial score (nSPS) is 27.8. The van der Waals surface area contributed by atoms with Gasteiger partial charge in [-0.1, -0.05) is 220 Å². The Morgan fingerprint density at radius 2 is 0.530 bits per heavy atom. The van der Waals surface area contributed by atoms with Crippen molar-refractivity contribution >= 4 is 41.8 Å². The summed E-state index contributed by atoms with van der Waals surface area (Å²) in [5.74, 6) is 11.0. The van der Waals surface area contributed by atoms with E-state index in [4.69, 9.17) is 42.6 Å². The Labute approximate surface area is 823 Å². The lowest BCUT2D eigenvalue weighted by molar-refractivity contribution is -0.202. The molecule has 794 valence electrons. The van der Waals surface area contributed by atoms with Gasteiger partial charge in [-0.05, 0) is 397 Å². The first-order valence-corrected chi connectivity index (χ1v) is 49.6. The maximum absolute atomic E-state index is 12.2. The van der Waals surface area contributed by atoms with Crippen LogP contribution in [-0.2, 0) is 76.2 Å². The van der Waals surface area contributed by atoms with Crippen molar-refractivity contribution in [1.29, 1.82) is 0 Å². The molecule has 16 heteroatoms. The summed E-state index contributed by atoms with van der Waals surface area (Å²) in [4.78, 5) is 83.1. The number of ether oxygens (including phenoxy) is 9. The zero-order valence-electron chi connectivity index (χ0n) is 80.0. The number of esters is 7. The number of hydrogen-bond acceptors (Lipinski definition) is 16. The maximum atomic E-state index is 12.2. The molecule has 13 aliphatic carbocycles. The number of fused-ring (bicyclic) bond motifs is 18. The SMILES string of the molecule is C.C.C.C.C.C.C.C.C.C.C.C.C.C.CCC(C)(C)C(=O)OC(C)OC1CC2CC1C1C3CCC(C3)C21.CCC(C)(C)C(=O)OC1(C)CCCCC1.CCC(C)C(=O)OC(C)OC1CC2CC1C1C3CCC(C3)C21.CCC(C)C(=O)OC1(C)CCCC1.CCC(C)C(=O)OC1(CC)CCCC1.CCC(C)C(=O)OC1(CC)CCCCC1.CCC1(OC(=O)C(C)(C)CC)CCCCC1. The van der Waals surface area contributed by atoms with Gasteiger partial charge in [-0.25, -0.2) is 0 Å². The quantitative estimate of drug-likeness (QED) is 0.0309. The number of rotatable bonds is 28. The molecule has 0 aromatic carbocycles. The molecule has 13 saturated carbocycles. The molecule has 0 aliphatic heterocycles. The topological polar surface area (TPSA) is 203 Å². The van der Waals surface area contributed by atoms with E-state index in [0.717, 1.165) is 199 Å². The Morgan fingerprint density at radius 3 is 0.841 bits per heavy atom. The van der Waals surface area contributed by atoms with Crippen molar-refractivity contribution in [3.8, 4) is 0 Å². The third-order valence-electron chi connectivity index (χ3n) is 33.2. The lowest BCUT2D eigenvalue weighted by atomic mass is 9.70. The Kier molecular flexibility index (Phi) is 70.2. The van der Waals surface area contributed by atoms with Crippen LogP contribution in [-0.4, -0.2) is 94.6 Å². The molecule has 13 rings (SSSR count). The van der Waals surface area contributed by atoms with Gasteiger partial charge in [0, 0.05) is 0 Å². The zero-order valence-corrected chi connectivity index (χ0v) is 80.0. The molecule has 20 unspecified atom stereocenters. The van der Waals surface area contributed by atoms with E-state index in [-0.39, 0.29) is 215 Å². The molecule has 0 aromatic heterocycles. The van der Waals surface area contributed by atoms with E-state index in [0.29, 0.717) is 12.2 Å². The summed E-state index contributed by atoms with van der Waals surface area (Å²) in [6.07, 6.45) is 49.1. The summed E-state index contributed by atoms with van der Waals surface area (Å²) in [7, 11) is 0. The van der Waals surface area contributed by atoms with Gasteiger partial charge < -0.3 is 42.6 Å². The summed E-state index contributed by atoms with van der Waals surface area (Å²) >= 11 is 0. The van der Waals surface area contributed by atoms with E-state index in [9.17, 15) is 33.6 Å². The predicted octanol–water partition coefficient (Wildman–Crippen LogP) is 35.0. The summed E-state index contributed by atoms with van der Waals surface area (Å²) in [5.41, 5.74) is -1.81. The third-order valence-corrected chi connectivity index (χ3v) is 33.2. The van der Waals surface area contributed by atoms with Crippen LogP contribution in [0.5, 0.6) is 0 Å². The lowest BCUT2D eigenvalue weighted by Gasteiger charge is -2.39. The van der Waals surface area contributed by atoms with E-state index in [2.05, 4.69) is 34.6 Å². The number of hydrogen-bond donors (Lipinski definition) is 0. The van der Waals surface area contributed by atoms with E-state index >= 15 is 0 Å². The van der Waals surface area contributed by atoms with Crippen molar-refractivity contribution in [2.24, 2.45) is 111 Å². The molecule has 8 bridgehead atoms. The fourth-order valence-electron chi connectivity index (χ4n) is 22.8. The van der Waals surface area contributed by atoms with Gasteiger partial charge in [0.05, 0.1) is 52.1 Å². The number of carbonyl (C=O) groups is 7. The van der Waals surface area contributed by atoms with Gasteiger partial charge in [0.1, 0.15) is 28.0 Å². The Bertz CT molecular complexity index is 3080. The van der Waals surface area contributed by atoms with Gasteiger partial charge in [0.2, 0.25) is 0 Å². The van der Waals surface area contributed by atoms with Crippen molar-refractivity contribution in [2.75, 3.05) is 0 Å². The summed E-state index contributed by atoms with van der Waals surface area (Å²) in [5, 5.41) is 0. The maximum Gasteiger partial charge on any atom is 0.313 e. The summed E-state index contributed by atoms with van der Waals surface area (Å²) in [6, 6.07) is 0. The van der Waals surface area contributed by atoms with Gasteiger partial charge in [-0.3, -0.25) is 33.6 Å². The molecule has 20 atom stereocenters. The molecular formula is C116H234O16. The molecule has 132 heavy (non-hydrogen) atoms. The molecule has 0 amide bonds. The fraction of sp³-hybridized carbons (Fsp3) is 0.940. The molecule has 0 spiro atoms. The second kappa shape index (κ2) is 64.5. The van der Waals surface area contributed by atoms with Gasteiger partial charge in [-0.2, -0.15) is 0 Å². The first-order valence-electron chi connectivity index (χ1n) is 49.6. The van der Waals surface area contributed by atoms with E-state index in [1.165, 1.54) is 148 Å². The highest BCUT2D eigenvalue weighted by Crippen LogP contribution is 2.69. The van der Waals surface area contributed by atoms with E-state index in [1.807, 2.05) is 132 Å². The Balaban J connectivity index is -0.000000225. The van der Waals surface area contributed by atoms with Gasteiger partial charge in [0.15, 0.2) is 12.6 Å². The van der Waals surface area contributed by atoms with Crippen molar-refractivity contribution in [3.05, 3.63) is 0 Å². The monoisotopic (exact) mass is 1880 g/mol. The second-order valence-corrected chi connectivity index (χ2v) is 42.7. The molecule has 0 heterocycles. The molecule has 13 aliphatic rings. The summed E-state index contributed by atoms with van der Waals surface area (Å²) in [6.45, 7) is 48.0. The van der Waals surface area contributed by atoms with Crippen LogP contribution in [0.3, 0.4) is 0 Å². The highest BCUT2D eigenvalue weighted by molar-refractivity contribution is 5.77. The van der Waals surface area contributed by atoms with Crippen molar-refractivity contribution in [2.45, 2.75) is 599 Å². The lowest BCUT2D eigenvalue weighted by Crippen LogP contribution is -2.40. The minimum atomic E-state index is -0.415. The molecule has 0 aromatic rings. The first kappa shape index (κ1) is 144. The van der Waals surface area contributed by atoms with Gasteiger partial charge >= 0.3 is 41.8 Å². The van der Waals surface area contributed by atoms with Crippen LogP contribution >= 0.6 is 0 Å². The average molecular weight is 1890 g/mol. The first-order chi connectivity index (χ1) is 55.7. The van der Waals surface area contributed by atoms with Gasteiger partial charge in [0.25, 0.3) is 0 Å². The Morgan fingerprint density at radius 1 is 0.280 bits per heavy atom. The van der Waals surface area contributed by atoms with Crippen molar-refractivity contribution < 1.29 is 76.2 Å². The zero-order chi connectivity index (χ0) is 87.4. The van der Waals surface area contributed by atoms with Crippen LogP contribution in [0.2, 0.25) is 0 Å². The van der Waals surface area contributed by atoms with Crippen LogP contribution in [0.4, 0.5) is 0 Å². The molecule has 0 N–H and O–H groups in total. The number of carbonyl (C=O) groups excluding carboxylic acids is 7. The molecular weight excluding hydrogens is 1650 g/mol.